The van der Waals surface area contributed by atoms with E-state index in [2.05, 4.69) is 4.98 Å². The van der Waals surface area contributed by atoms with Crippen LogP contribution < -0.4 is 0 Å². The molecule has 0 aliphatic rings. The van der Waals surface area contributed by atoms with Gasteiger partial charge in [0.25, 0.3) is 5.91 Å². The highest BCUT2D eigenvalue weighted by Gasteiger charge is 2.17. The predicted molar refractivity (Wildman–Crippen MR) is 62.9 cm³/mol. The van der Waals surface area contributed by atoms with Crippen LogP contribution >= 0.6 is 0 Å². The van der Waals surface area contributed by atoms with Crippen LogP contribution in [0.15, 0.2) is 12.1 Å². The quantitative estimate of drug-likeness (QED) is 0.589. The second-order valence-corrected chi connectivity index (χ2v) is 3.91. The van der Waals surface area contributed by atoms with Crippen LogP contribution in [-0.4, -0.2) is 34.8 Å². The van der Waals surface area contributed by atoms with E-state index in [9.17, 15) is 14.9 Å². The number of amides is 1. The first-order valence-corrected chi connectivity index (χ1v) is 5.32. The minimum Gasteiger partial charge on any atom is -0.358 e. The molecule has 0 aromatic carbocycles. The highest BCUT2D eigenvalue weighted by Crippen LogP contribution is 2.15. The maximum absolute atomic E-state index is 11.8. The van der Waals surface area contributed by atoms with E-state index in [1.165, 1.54) is 11.0 Å². The number of pyridine rings is 1. The third kappa shape index (κ3) is 3.24. The van der Waals surface area contributed by atoms with Crippen LogP contribution in [0.4, 0.5) is 5.82 Å². The standard InChI is InChI=1S/C11H15N3O3/c1-4-5-9-6-8(11(15)13(2)3)7-10(12-9)14(16)17/h6-7H,4-5H2,1-3H3. The molecule has 0 bridgehead atoms. The molecular weight excluding hydrogens is 222 g/mol. The van der Waals surface area contributed by atoms with Crippen molar-refractivity contribution >= 4 is 11.7 Å². The summed E-state index contributed by atoms with van der Waals surface area (Å²) < 4.78 is 0. The summed E-state index contributed by atoms with van der Waals surface area (Å²) in [6.07, 6.45) is 1.44. The van der Waals surface area contributed by atoms with Crippen LogP contribution in [-0.2, 0) is 6.42 Å². The number of nitro groups is 1. The molecule has 1 aromatic heterocycles. The van der Waals surface area contributed by atoms with Gasteiger partial charge in [-0.25, -0.2) is 0 Å². The van der Waals surface area contributed by atoms with Crippen LogP contribution in [0.3, 0.4) is 0 Å². The second-order valence-electron chi connectivity index (χ2n) is 3.91. The van der Waals surface area contributed by atoms with Gasteiger partial charge in [-0.1, -0.05) is 6.92 Å². The lowest BCUT2D eigenvalue weighted by Gasteiger charge is -2.09. The van der Waals surface area contributed by atoms with Gasteiger partial charge in [-0.05, 0) is 22.4 Å². The third-order valence-corrected chi connectivity index (χ3v) is 2.21. The first kappa shape index (κ1) is 13.1. The molecule has 0 atom stereocenters. The lowest BCUT2D eigenvalue weighted by Crippen LogP contribution is -2.22. The SMILES string of the molecule is CCCc1cc(C(=O)N(C)C)cc([N+](=O)[O-])n1. The van der Waals surface area contributed by atoms with Crippen LogP contribution in [0.25, 0.3) is 0 Å². The molecule has 0 aliphatic heterocycles. The van der Waals surface area contributed by atoms with Gasteiger partial charge < -0.3 is 15.0 Å². The van der Waals surface area contributed by atoms with Crippen LogP contribution in [0, 0.1) is 10.1 Å². The summed E-state index contributed by atoms with van der Waals surface area (Å²) in [7, 11) is 3.21. The van der Waals surface area contributed by atoms with Crippen molar-refractivity contribution in [2.75, 3.05) is 14.1 Å². The van der Waals surface area contributed by atoms with Gasteiger partial charge in [0.05, 0.1) is 5.56 Å². The van der Waals surface area contributed by atoms with Crippen LogP contribution in [0.2, 0.25) is 0 Å². The molecule has 0 unspecified atom stereocenters. The number of hydrogen-bond donors (Lipinski definition) is 0. The normalized spacial score (nSPS) is 10.1. The molecule has 6 nitrogen and oxygen atoms in total. The fourth-order valence-electron chi connectivity index (χ4n) is 1.43. The zero-order valence-corrected chi connectivity index (χ0v) is 10.1. The van der Waals surface area contributed by atoms with Crippen molar-refractivity contribution in [2.24, 2.45) is 0 Å². The molecule has 1 heterocycles. The van der Waals surface area contributed by atoms with Crippen molar-refractivity contribution in [3.05, 3.63) is 33.5 Å². The van der Waals surface area contributed by atoms with E-state index in [0.717, 1.165) is 6.42 Å². The molecule has 0 saturated carbocycles. The van der Waals surface area contributed by atoms with Crippen molar-refractivity contribution in [3.63, 3.8) is 0 Å². The molecule has 6 heteroatoms. The Morgan fingerprint density at radius 2 is 2.12 bits per heavy atom. The van der Waals surface area contributed by atoms with Gasteiger partial charge in [0.15, 0.2) is 5.69 Å². The maximum Gasteiger partial charge on any atom is 0.364 e. The fraction of sp³-hybridized carbons (Fsp3) is 0.455. The Hall–Kier alpha value is -1.98. The summed E-state index contributed by atoms with van der Waals surface area (Å²) in [6, 6.07) is 2.82. The van der Waals surface area contributed by atoms with Gasteiger partial charge in [0, 0.05) is 26.6 Å². The molecule has 92 valence electrons. The molecule has 0 radical (unpaired) electrons. The molecular formula is C11H15N3O3. The number of aromatic nitrogens is 1. The van der Waals surface area contributed by atoms with Gasteiger partial charge >= 0.3 is 5.82 Å². The smallest absolute Gasteiger partial charge is 0.358 e. The number of rotatable bonds is 4. The average molecular weight is 237 g/mol. The van der Waals surface area contributed by atoms with Gasteiger partial charge in [-0.15, -0.1) is 0 Å². The maximum atomic E-state index is 11.8. The zero-order chi connectivity index (χ0) is 13.0. The Morgan fingerprint density at radius 1 is 1.47 bits per heavy atom. The monoisotopic (exact) mass is 237 g/mol. The summed E-state index contributed by atoms with van der Waals surface area (Å²) in [6.45, 7) is 1.95. The summed E-state index contributed by atoms with van der Waals surface area (Å²) in [5, 5.41) is 10.7. The van der Waals surface area contributed by atoms with Crippen LogP contribution in [0.5, 0.6) is 0 Å². The molecule has 0 fully saturated rings. The van der Waals surface area contributed by atoms with E-state index in [4.69, 9.17) is 0 Å². The molecule has 0 N–H and O–H groups in total. The Labute approximate surface area is 99.4 Å². The fourth-order valence-corrected chi connectivity index (χ4v) is 1.43. The lowest BCUT2D eigenvalue weighted by atomic mass is 10.1. The van der Waals surface area contributed by atoms with Crippen molar-refractivity contribution in [1.82, 2.24) is 9.88 Å². The first-order valence-electron chi connectivity index (χ1n) is 5.32. The van der Waals surface area contributed by atoms with E-state index >= 15 is 0 Å². The minimum atomic E-state index is -0.578. The van der Waals surface area contributed by atoms with Crippen molar-refractivity contribution in [3.8, 4) is 0 Å². The Kier molecular flexibility index (Phi) is 4.14. The number of carbonyl (C=O) groups is 1. The highest BCUT2D eigenvalue weighted by molar-refractivity contribution is 5.94. The Morgan fingerprint density at radius 3 is 2.59 bits per heavy atom. The van der Waals surface area contributed by atoms with Gasteiger partial charge in [-0.2, -0.15) is 0 Å². The lowest BCUT2D eigenvalue weighted by molar-refractivity contribution is -0.389. The zero-order valence-electron chi connectivity index (χ0n) is 10.1. The molecule has 0 saturated heterocycles. The highest BCUT2D eigenvalue weighted by atomic mass is 16.6. The van der Waals surface area contributed by atoms with E-state index in [-0.39, 0.29) is 11.7 Å². The summed E-state index contributed by atoms with van der Waals surface area (Å²) in [5.41, 5.74) is 0.882. The largest absolute Gasteiger partial charge is 0.364 e. The van der Waals surface area contributed by atoms with E-state index in [1.54, 1.807) is 20.2 Å². The van der Waals surface area contributed by atoms with E-state index < -0.39 is 4.92 Å². The van der Waals surface area contributed by atoms with Gasteiger partial charge in [0.1, 0.15) is 0 Å². The number of hydrogen-bond acceptors (Lipinski definition) is 4. The molecule has 17 heavy (non-hydrogen) atoms. The third-order valence-electron chi connectivity index (χ3n) is 2.21. The molecule has 0 aliphatic carbocycles. The average Bonchev–Trinajstić information content (AvgIpc) is 2.27. The predicted octanol–water partition coefficient (Wildman–Crippen LogP) is 1.64. The summed E-state index contributed by atoms with van der Waals surface area (Å²) >= 11 is 0. The topological polar surface area (TPSA) is 76.3 Å². The number of carbonyl (C=O) groups excluding carboxylic acids is 1. The molecule has 1 amide bonds. The van der Waals surface area contributed by atoms with Gasteiger partial charge in [-0.3, -0.25) is 4.79 Å². The molecule has 1 aromatic rings. The van der Waals surface area contributed by atoms with Crippen molar-refractivity contribution in [2.45, 2.75) is 19.8 Å². The van der Waals surface area contributed by atoms with Crippen molar-refractivity contribution < 1.29 is 9.72 Å². The first-order chi connectivity index (χ1) is 7.95. The van der Waals surface area contributed by atoms with Crippen molar-refractivity contribution in [1.29, 1.82) is 0 Å². The van der Waals surface area contributed by atoms with E-state index in [1.807, 2.05) is 6.92 Å². The molecule has 1 rings (SSSR count). The van der Waals surface area contributed by atoms with Gasteiger partial charge in [0.2, 0.25) is 0 Å². The Balaban J connectivity index is 3.21. The molecule has 0 spiro atoms. The Bertz CT molecular complexity index is 444. The number of aryl methyl sites for hydroxylation is 1. The summed E-state index contributed by atoms with van der Waals surface area (Å²) in [4.78, 5) is 27.2. The minimum absolute atomic E-state index is 0.257. The summed E-state index contributed by atoms with van der Waals surface area (Å²) in [5.74, 6) is -0.533. The number of nitrogens with zero attached hydrogens (tertiary/aromatic N) is 3. The second kappa shape index (κ2) is 5.38. The van der Waals surface area contributed by atoms with Crippen LogP contribution in [0.1, 0.15) is 29.4 Å². The van der Waals surface area contributed by atoms with E-state index in [0.29, 0.717) is 17.7 Å².